The third kappa shape index (κ3) is 3.75. The lowest BCUT2D eigenvalue weighted by molar-refractivity contribution is -0.141. The van der Waals surface area contributed by atoms with Crippen LogP contribution < -0.4 is 0 Å². The van der Waals surface area contributed by atoms with Crippen molar-refractivity contribution >= 4 is 27.1 Å². The lowest BCUT2D eigenvalue weighted by Gasteiger charge is -2.18. The molecule has 0 aliphatic rings. The van der Waals surface area contributed by atoms with Gasteiger partial charge in [0.15, 0.2) is 9.84 Å². The molecule has 2 aromatic rings. The van der Waals surface area contributed by atoms with Gasteiger partial charge in [-0.1, -0.05) is 43.3 Å². The van der Waals surface area contributed by atoms with Crippen molar-refractivity contribution in [3.05, 3.63) is 53.4 Å². The van der Waals surface area contributed by atoms with E-state index in [-0.39, 0.29) is 6.42 Å². The Kier molecular flexibility index (Phi) is 5.37. The fourth-order valence-electron chi connectivity index (χ4n) is 2.26. The van der Waals surface area contributed by atoms with E-state index in [0.29, 0.717) is 16.2 Å². The maximum absolute atomic E-state index is 12.8. The smallest absolute Gasteiger partial charge is 0.306 e. The molecule has 1 N–H and O–H groups in total. The van der Waals surface area contributed by atoms with Gasteiger partial charge in [0.25, 0.3) is 0 Å². The maximum Gasteiger partial charge on any atom is 0.306 e. The second-order valence-corrected chi connectivity index (χ2v) is 8.50. The average molecular weight is 338 g/mol. The van der Waals surface area contributed by atoms with Gasteiger partial charge in [0.2, 0.25) is 0 Å². The van der Waals surface area contributed by atoms with Crippen molar-refractivity contribution in [3.8, 4) is 0 Å². The van der Waals surface area contributed by atoms with Gasteiger partial charge in [-0.25, -0.2) is 8.42 Å². The molecular formula is C16H18O4S2. The van der Waals surface area contributed by atoms with Gasteiger partial charge in [-0.05, 0) is 29.9 Å². The number of hydrogen-bond acceptors (Lipinski definition) is 4. The predicted octanol–water partition coefficient (Wildman–Crippen LogP) is 3.76. The van der Waals surface area contributed by atoms with Crippen LogP contribution in [0.25, 0.3) is 0 Å². The fraction of sp³-hybridized carbons (Fsp3) is 0.312. The zero-order valence-corrected chi connectivity index (χ0v) is 13.8. The molecule has 0 saturated carbocycles. The Morgan fingerprint density at radius 1 is 1.14 bits per heavy atom. The number of aliphatic carboxylic acids is 1. The molecule has 0 saturated heterocycles. The normalized spacial score (nSPS) is 14.4. The molecule has 0 radical (unpaired) electrons. The minimum Gasteiger partial charge on any atom is -0.481 e. The van der Waals surface area contributed by atoms with Crippen molar-refractivity contribution in [2.45, 2.75) is 29.2 Å². The molecule has 4 nitrogen and oxygen atoms in total. The van der Waals surface area contributed by atoms with Crippen molar-refractivity contribution in [1.29, 1.82) is 0 Å². The Bertz CT molecular complexity index is 706. The van der Waals surface area contributed by atoms with Gasteiger partial charge in [-0.2, -0.15) is 0 Å². The lowest BCUT2D eigenvalue weighted by atomic mass is 10.0. The number of carbonyl (C=O) groups is 1. The minimum absolute atomic E-state index is 0.289. The molecule has 1 aromatic heterocycles. The summed E-state index contributed by atoms with van der Waals surface area (Å²) >= 11 is 1.19. The summed E-state index contributed by atoms with van der Waals surface area (Å²) in [4.78, 5) is 11.0. The first-order chi connectivity index (χ1) is 10.4. The van der Waals surface area contributed by atoms with Crippen LogP contribution in [0.15, 0.2) is 52.1 Å². The third-order valence-corrected chi connectivity index (χ3v) is 7.21. The van der Waals surface area contributed by atoms with E-state index >= 15 is 0 Å². The summed E-state index contributed by atoms with van der Waals surface area (Å²) in [5.74, 6) is -1.47. The van der Waals surface area contributed by atoms with E-state index < -0.39 is 27.0 Å². The standard InChI is InChI=1S/C16H18O4S2/c1-12(16(17)18)9-10-14(13-6-3-2-4-7-13)22(19,20)15-8-5-11-21-15/h2-8,11-12,14H,9-10H2,1H3,(H,17,18). The van der Waals surface area contributed by atoms with Crippen LogP contribution in [0.2, 0.25) is 0 Å². The van der Waals surface area contributed by atoms with E-state index in [9.17, 15) is 13.2 Å². The van der Waals surface area contributed by atoms with E-state index in [1.165, 1.54) is 11.3 Å². The molecular weight excluding hydrogens is 320 g/mol. The Hall–Kier alpha value is -1.66. The van der Waals surface area contributed by atoms with E-state index in [0.717, 1.165) is 0 Å². The molecule has 2 unspecified atom stereocenters. The van der Waals surface area contributed by atoms with Crippen LogP contribution in [0.4, 0.5) is 0 Å². The second kappa shape index (κ2) is 7.07. The van der Waals surface area contributed by atoms with Crippen LogP contribution in [0.3, 0.4) is 0 Å². The van der Waals surface area contributed by atoms with Crippen LogP contribution in [0.5, 0.6) is 0 Å². The predicted molar refractivity (Wildman–Crippen MR) is 86.7 cm³/mol. The monoisotopic (exact) mass is 338 g/mol. The third-order valence-electron chi connectivity index (χ3n) is 3.60. The van der Waals surface area contributed by atoms with Crippen molar-refractivity contribution in [2.75, 3.05) is 0 Å². The number of rotatable bonds is 7. The molecule has 1 aromatic carbocycles. The number of sulfone groups is 1. The number of benzene rings is 1. The largest absolute Gasteiger partial charge is 0.481 e. The molecule has 118 valence electrons. The van der Waals surface area contributed by atoms with Gasteiger partial charge >= 0.3 is 5.97 Å². The molecule has 0 bridgehead atoms. The lowest BCUT2D eigenvalue weighted by Crippen LogP contribution is -2.16. The molecule has 0 spiro atoms. The first kappa shape index (κ1) is 16.7. The summed E-state index contributed by atoms with van der Waals surface area (Å²) in [6, 6.07) is 12.3. The topological polar surface area (TPSA) is 71.4 Å². The summed E-state index contributed by atoms with van der Waals surface area (Å²) in [5.41, 5.74) is 0.702. The molecule has 6 heteroatoms. The summed E-state index contributed by atoms with van der Waals surface area (Å²) < 4.78 is 26.0. The highest BCUT2D eigenvalue weighted by molar-refractivity contribution is 7.93. The number of carboxylic acid groups (broad SMARTS) is 1. The van der Waals surface area contributed by atoms with Gasteiger partial charge in [-0.3, -0.25) is 4.79 Å². The van der Waals surface area contributed by atoms with Crippen LogP contribution in [0.1, 0.15) is 30.6 Å². The van der Waals surface area contributed by atoms with Crippen LogP contribution >= 0.6 is 11.3 Å². The van der Waals surface area contributed by atoms with Crippen molar-refractivity contribution < 1.29 is 18.3 Å². The summed E-state index contributed by atoms with van der Waals surface area (Å²) in [6.07, 6.45) is 0.608. The molecule has 0 aliphatic carbocycles. The average Bonchev–Trinajstić information content (AvgIpc) is 3.03. The zero-order valence-electron chi connectivity index (χ0n) is 12.2. The van der Waals surface area contributed by atoms with Gasteiger partial charge in [-0.15, -0.1) is 11.3 Å². The molecule has 0 amide bonds. The number of hydrogen-bond donors (Lipinski definition) is 1. The zero-order chi connectivity index (χ0) is 16.2. The highest BCUT2D eigenvalue weighted by atomic mass is 32.2. The SMILES string of the molecule is CC(CCC(c1ccccc1)S(=O)(=O)c1cccs1)C(=O)O. The number of carboxylic acids is 1. The van der Waals surface area contributed by atoms with E-state index in [2.05, 4.69) is 0 Å². The van der Waals surface area contributed by atoms with Crippen molar-refractivity contribution in [1.82, 2.24) is 0 Å². The Morgan fingerprint density at radius 2 is 1.82 bits per heavy atom. The summed E-state index contributed by atoms with van der Waals surface area (Å²) in [6.45, 7) is 1.60. The molecule has 0 fully saturated rings. The van der Waals surface area contributed by atoms with Crippen LogP contribution in [-0.4, -0.2) is 19.5 Å². The van der Waals surface area contributed by atoms with E-state index in [1.54, 1.807) is 48.7 Å². The van der Waals surface area contributed by atoms with Gasteiger partial charge in [0, 0.05) is 0 Å². The van der Waals surface area contributed by atoms with Gasteiger partial charge in [0.05, 0.1) is 11.2 Å². The van der Waals surface area contributed by atoms with E-state index in [1.807, 2.05) is 6.07 Å². The Morgan fingerprint density at radius 3 is 2.36 bits per heavy atom. The maximum atomic E-state index is 12.8. The number of thiophene rings is 1. The van der Waals surface area contributed by atoms with Crippen molar-refractivity contribution in [3.63, 3.8) is 0 Å². The molecule has 22 heavy (non-hydrogen) atoms. The van der Waals surface area contributed by atoms with Crippen LogP contribution in [0, 0.1) is 5.92 Å². The van der Waals surface area contributed by atoms with Gasteiger partial charge < -0.3 is 5.11 Å². The highest BCUT2D eigenvalue weighted by Gasteiger charge is 2.30. The van der Waals surface area contributed by atoms with E-state index in [4.69, 9.17) is 5.11 Å². The van der Waals surface area contributed by atoms with Gasteiger partial charge in [0.1, 0.15) is 4.21 Å². The van der Waals surface area contributed by atoms with Crippen molar-refractivity contribution in [2.24, 2.45) is 5.92 Å². The minimum atomic E-state index is -3.51. The second-order valence-electron chi connectivity index (χ2n) is 5.19. The Labute approximate surface area is 134 Å². The first-order valence-electron chi connectivity index (χ1n) is 6.98. The molecule has 2 atom stereocenters. The fourth-order valence-corrected chi connectivity index (χ4v) is 5.27. The molecule has 2 rings (SSSR count). The Balaban J connectivity index is 2.32. The molecule has 0 aliphatic heterocycles. The first-order valence-corrected chi connectivity index (χ1v) is 9.40. The molecule has 1 heterocycles. The summed E-state index contributed by atoms with van der Waals surface area (Å²) in [5, 5.41) is 10.0. The highest BCUT2D eigenvalue weighted by Crippen LogP contribution is 2.35. The van der Waals surface area contributed by atoms with Crippen LogP contribution in [-0.2, 0) is 14.6 Å². The quantitative estimate of drug-likeness (QED) is 0.834. The summed E-state index contributed by atoms with van der Waals surface area (Å²) in [7, 11) is -3.51.